The molecular weight excluding hydrogens is 216 g/mol. The number of β-amino-alcohol motifs (C(OH)–C–C–N with tert-alkyl or cyclic N) is 1. The fraction of sp³-hybridized carbons (Fsp3) is 1.00. The van der Waals surface area contributed by atoms with E-state index in [0.717, 1.165) is 6.54 Å². The van der Waals surface area contributed by atoms with Crippen molar-refractivity contribution in [2.45, 2.75) is 37.5 Å². The summed E-state index contributed by atoms with van der Waals surface area (Å²) in [6.07, 6.45) is 0.583. The second kappa shape index (κ2) is 4.01. The van der Waals surface area contributed by atoms with Crippen molar-refractivity contribution in [2.75, 3.05) is 19.6 Å². The lowest BCUT2D eigenvalue weighted by atomic mass is 10.1. The van der Waals surface area contributed by atoms with E-state index in [4.69, 9.17) is 0 Å². The number of nitrogens with one attached hydrogen (secondary N) is 2. The molecule has 0 saturated carbocycles. The van der Waals surface area contributed by atoms with Gasteiger partial charge in [0.1, 0.15) is 0 Å². The van der Waals surface area contributed by atoms with Gasteiger partial charge in [0, 0.05) is 13.1 Å². The molecule has 1 atom stereocenters. The first-order valence-electron chi connectivity index (χ1n) is 5.09. The van der Waals surface area contributed by atoms with Gasteiger partial charge in [-0.1, -0.05) is 0 Å². The molecule has 1 aliphatic heterocycles. The molecule has 1 unspecified atom stereocenters. The molecule has 0 amide bonds. The second-order valence-corrected chi connectivity index (χ2v) is 7.61. The quantitative estimate of drug-likeness (QED) is 0.613. The summed E-state index contributed by atoms with van der Waals surface area (Å²) in [6.45, 7) is 6.15. The fourth-order valence-corrected chi connectivity index (χ4v) is 2.22. The maximum absolute atomic E-state index is 11.7. The van der Waals surface area contributed by atoms with Crippen LogP contribution in [0.2, 0.25) is 0 Å². The highest BCUT2D eigenvalue weighted by Crippen LogP contribution is 2.17. The van der Waals surface area contributed by atoms with E-state index in [-0.39, 0.29) is 6.54 Å². The van der Waals surface area contributed by atoms with Gasteiger partial charge in [-0.25, -0.2) is 13.1 Å². The average molecular weight is 236 g/mol. The maximum atomic E-state index is 11.7. The zero-order valence-corrected chi connectivity index (χ0v) is 10.3. The molecule has 15 heavy (non-hydrogen) atoms. The molecule has 5 nitrogen and oxygen atoms in total. The highest BCUT2D eigenvalue weighted by Gasteiger charge is 2.35. The molecule has 3 N–H and O–H groups in total. The van der Waals surface area contributed by atoms with Gasteiger partial charge in [0.25, 0.3) is 0 Å². The molecule has 1 fully saturated rings. The van der Waals surface area contributed by atoms with Gasteiger partial charge in [0.2, 0.25) is 10.0 Å². The lowest BCUT2D eigenvalue weighted by molar-refractivity contribution is 0.0666. The molecule has 6 heteroatoms. The van der Waals surface area contributed by atoms with Gasteiger partial charge in [-0.15, -0.1) is 0 Å². The third-order valence-corrected chi connectivity index (χ3v) is 4.76. The van der Waals surface area contributed by atoms with Gasteiger partial charge < -0.3 is 10.4 Å². The van der Waals surface area contributed by atoms with Gasteiger partial charge in [-0.3, -0.25) is 0 Å². The fourth-order valence-electron chi connectivity index (χ4n) is 1.33. The summed E-state index contributed by atoms with van der Waals surface area (Å²) >= 11 is 0. The van der Waals surface area contributed by atoms with E-state index in [1.165, 1.54) is 0 Å². The van der Waals surface area contributed by atoms with Crippen molar-refractivity contribution in [2.24, 2.45) is 0 Å². The largest absolute Gasteiger partial charge is 0.387 e. The number of sulfonamides is 1. The van der Waals surface area contributed by atoms with Crippen molar-refractivity contribution in [3.8, 4) is 0 Å². The predicted molar refractivity (Wildman–Crippen MR) is 59.1 cm³/mol. The molecule has 1 saturated heterocycles. The first-order valence-corrected chi connectivity index (χ1v) is 6.57. The van der Waals surface area contributed by atoms with Crippen LogP contribution in [-0.4, -0.2) is 43.5 Å². The Labute approximate surface area is 91.3 Å². The van der Waals surface area contributed by atoms with Crippen LogP contribution in [0.25, 0.3) is 0 Å². The molecule has 1 rings (SSSR count). The Balaban J connectivity index is 2.57. The minimum Gasteiger partial charge on any atom is -0.387 e. The smallest absolute Gasteiger partial charge is 0.216 e. The normalized spacial score (nSPS) is 28.3. The van der Waals surface area contributed by atoms with Crippen molar-refractivity contribution in [1.29, 1.82) is 0 Å². The van der Waals surface area contributed by atoms with E-state index >= 15 is 0 Å². The first-order chi connectivity index (χ1) is 6.66. The molecule has 0 spiro atoms. The minimum atomic E-state index is -3.36. The van der Waals surface area contributed by atoms with Crippen LogP contribution in [0.5, 0.6) is 0 Å². The van der Waals surface area contributed by atoms with Gasteiger partial charge in [-0.05, 0) is 33.7 Å². The van der Waals surface area contributed by atoms with E-state index in [1.807, 2.05) is 0 Å². The van der Waals surface area contributed by atoms with Gasteiger partial charge in [0.15, 0.2) is 0 Å². The molecule has 1 heterocycles. The molecule has 0 aromatic rings. The lowest BCUT2D eigenvalue weighted by Gasteiger charge is -2.25. The van der Waals surface area contributed by atoms with Crippen LogP contribution >= 0.6 is 0 Å². The molecule has 90 valence electrons. The summed E-state index contributed by atoms with van der Waals surface area (Å²) in [4.78, 5) is 0. The minimum absolute atomic E-state index is 0.0829. The molecule has 0 bridgehead atoms. The maximum Gasteiger partial charge on any atom is 0.216 e. The summed E-state index contributed by atoms with van der Waals surface area (Å²) in [7, 11) is -3.36. The summed E-state index contributed by atoms with van der Waals surface area (Å²) in [5.41, 5.74) is -0.932. The van der Waals surface area contributed by atoms with Crippen molar-refractivity contribution in [3.05, 3.63) is 0 Å². The van der Waals surface area contributed by atoms with Gasteiger partial charge >= 0.3 is 0 Å². The van der Waals surface area contributed by atoms with Crippen molar-refractivity contribution >= 4 is 10.0 Å². The molecule has 0 radical (unpaired) electrons. The second-order valence-electron chi connectivity index (χ2n) is 5.09. The average Bonchev–Trinajstić information content (AvgIpc) is 2.48. The molecule has 0 aromatic heterocycles. The third kappa shape index (κ3) is 3.14. The SMILES string of the molecule is CC(C)(C)S(=O)(=O)NCC1(O)CCNC1. The molecule has 0 aromatic carbocycles. The Morgan fingerprint density at radius 1 is 1.47 bits per heavy atom. The van der Waals surface area contributed by atoms with Crippen molar-refractivity contribution in [1.82, 2.24) is 10.0 Å². The van der Waals surface area contributed by atoms with Crippen molar-refractivity contribution in [3.63, 3.8) is 0 Å². The lowest BCUT2D eigenvalue weighted by Crippen LogP contribution is -2.48. The number of hydrogen-bond acceptors (Lipinski definition) is 4. The number of rotatable bonds is 3. The Kier molecular flexibility index (Phi) is 3.45. The highest BCUT2D eigenvalue weighted by atomic mass is 32.2. The standard InChI is InChI=1S/C9H20N2O3S/c1-8(2,3)15(13,14)11-7-9(12)4-5-10-6-9/h10-12H,4-7H2,1-3H3. The summed E-state index contributed by atoms with van der Waals surface area (Å²) in [6, 6.07) is 0. The molecule has 0 aliphatic carbocycles. The zero-order chi connectivity index (χ0) is 11.7. The van der Waals surface area contributed by atoms with E-state index in [0.29, 0.717) is 13.0 Å². The van der Waals surface area contributed by atoms with Crippen LogP contribution < -0.4 is 10.0 Å². The Morgan fingerprint density at radius 3 is 2.47 bits per heavy atom. The first kappa shape index (κ1) is 12.9. The van der Waals surface area contributed by atoms with Crippen LogP contribution in [0.15, 0.2) is 0 Å². The highest BCUT2D eigenvalue weighted by molar-refractivity contribution is 7.90. The molecular formula is C9H20N2O3S. The summed E-state index contributed by atoms with van der Waals surface area (Å²) < 4.78 is 25.0. The van der Waals surface area contributed by atoms with Crippen LogP contribution in [0.4, 0.5) is 0 Å². The number of hydrogen-bond donors (Lipinski definition) is 3. The Bertz CT molecular complexity index is 313. The van der Waals surface area contributed by atoms with Gasteiger partial charge in [0.05, 0.1) is 10.3 Å². The van der Waals surface area contributed by atoms with Crippen LogP contribution in [0, 0.1) is 0 Å². The third-order valence-electron chi connectivity index (χ3n) is 2.62. The van der Waals surface area contributed by atoms with E-state index < -0.39 is 20.4 Å². The van der Waals surface area contributed by atoms with E-state index in [2.05, 4.69) is 10.0 Å². The monoisotopic (exact) mass is 236 g/mol. The Morgan fingerprint density at radius 2 is 2.07 bits per heavy atom. The molecule has 1 aliphatic rings. The van der Waals surface area contributed by atoms with Gasteiger partial charge in [-0.2, -0.15) is 0 Å². The van der Waals surface area contributed by atoms with Crippen LogP contribution in [0.1, 0.15) is 27.2 Å². The van der Waals surface area contributed by atoms with Crippen molar-refractivity contribution < 1.29 is 13.5 Å². The van der Waals surface area contributed by atoms with Crippen LogP contribution in [0.3, 0.4) is 0 Å². The van der Waals surface area contributed by atoms with Crippen LogP contribution in [-0.2, 0) is 10.0 Å². The van der Waals surface area contributed by atoms with E-state index in [1.54, 1.807) is 20.8 Å². The zero-order valence-electron chi connectivity index (χ0n) is 9.50. The van der Waals surface area contributed by atoms with E-state index in [9.17, 15) is 13.5 Å². The number of aliphatic hydroxyl groups is 1. The Hall–Kier alpha value is -0.170. The summed E-state index contributed by atoms with van der Waals surface area (Å²) in [5, 5.41) is 12.9. The topological polar surface area (TPSA) is 78.4 Å². The predicted octanol–water partition coefficient (Wildman–Crippen LogP) is -0.571. The summed E-state index contributed by atoms with van der Waals surface area (Å²) in [5.74, 6) is 0.